The van der Waals surface area contributed by atoms with Crippen LogP contribution >= 0.6 is 11.8 Å². The summed E-state index contributed by atoms with van der Waals surface area (Å²) in [6, 6.07) is 18.9. The van der Waals surface area contributed by atoms with Crippen molar-refractivity contribution in [3.8, 4) is 0 Å². The number of hydrogen-bond donors (Lipinski definition) is 0. The van der Waals surface area contributed by atoms with E-state index in [1.807, 2.05) is 6.07 Å². The second kappa shape index (κ2) is 6.08. The zero-order chi connectivity index (χ0) is 15.6. The lowest BCUT2D eigenvalue weighted by Crippen LogP contribution is -2.13. The summed E-state index contributed by atoms with van der Waals surface area (Å²) in [5.74, 6) is 1.87. The van der Waals surface area contributed by atoms with Crippen molar-refractivity contribution in [1.29, 1.82) is 0 Å². The number of rotatable bonds is 4. The van der Waals surface area contributed by atoms with Crippen LogP contribution in [0.5, 0.6) is 0 Å². The lowest BCUT2D eigenvalue weighted by molar-refractivity contribution is 0.704. The molecular weight excluding hydrogens is 304 g/mol. The molecule has 1 aromatic heterocycles. The topological polar surface area (TPSA) is 34.0 Å². The van der Waals surface area contributed by atoms with Crippen LogP contribution in [0.2, 0.25) is 0 Å². The average Bonchev–Trinajstić information content (AvgIpc) is 3.17. The van der Waals surface area contributed by atoms with Crippen molar-refractivity contribution >= 4 is 23.4 Å². The van der Waals surface area contributed by atoms with Gasteiger partial charge in [-0.1, -0.05) is 54.2 Å². The largest absolute Gasteiger partial charge is 0.309 e. The fraction of sp³-hybridized carbons (Fsp3) is 0.222. The van der Waals surface area contributed by atoms with Gasteiger partial charge in [-0.3, -0.25) is 4.57 Å². The molecule has 0 spiro atoms. The van der Waals surface area contributed by atoms with Crippen LogP contribution in [-0.4, -0.2) is 21.3 Å². The fourth-order valence-electron chi connectivity index (χ4n) is 2.85. The zero-order valence-electron chi connectivity index (χ0n) is 13.0. The van der Waals surface area contributed by atoms with Crippen LogP contribution in [0.15, 0.2) is 59.8 Å². The third-order valence-electron chi connectivity index (χ3n) is 4.17. The Morgan fingerprint density at radius 2 is 1.74 bits per heavy atom. The molecular formula is C18H18N4S. The van der Waals surface area contributed by atoms with Gasteiger partial charge in [0.2, 0.25) is 5.95 Å². The van der Waals surface area contributed by atoms with Gasteiger partial charge < -0.3 is 4.90 Å². The molecule has 0 unspecified atom stereocenters. The summed E-state index contributed by atoms with van der Waals surface area (Å²) in [7, 11) is 0. The molecule has 0 aliphatic carbocycles. The Labute approximate surface area is 140 Å². The van der Waals surface area contributed by atoms with Crippen molar-refractivity contribution in [2.45, 2.75) is 24.4 Å². The molecule has 2 aromatic carbocycles. The first-order valence-electron chi connectivity index (χ1n) is 7.76. The Kier molecular flexibility index (Phi) is 3.79. The predicted octanol–water partition coefficient (Wildman–Crippen LogP) is 4.03. The van der Waals surface area contributed by atoms with E-state index in [4.69, 9.17) is 0 Å². The van der Waals surface area contributed by atoms with E-state index >= 15 is 0 Å². The molecule has 23 heavy (non-hydrogen) atoms. The highest BCUT2D eigenvalue weighted by molar-refractivity contribution is 7.98. The molecule has 0 radical (unpaired) electrons. The SMILES string of the molecule is Cc1ccccc1CSc1nnc2n1CCN2c1ccccc1. The lowest BCUT2D eigenvalue weighted by atomic mass is 10.1. The number of para-hydroxylation sites is 1. The maximum Gasteiger partial charge on any atom is 0.232 e. The summed E-state index contributed by atoms with van der Waals surface area (Å²) < 4.78 is 2.22. The van der Waals surface area contributed by atoms with Gasteiger partial charge in [0, 0.05) is 24.5 Å². The van der Waals surface area contributed by atoms with Crippen LogP contribution in [0.4, 0.5) is 11.6 Å². The Balaban J connectivity index is 1.54. The van der Waals surface area contributed by atoms with E-state index in [0.29, 0.717) is 0 Å². The maximum absolute atomic E-state index is 4.41. The summed E-state index contributed by atoms with van der Waals surface area (Å²) in [5, 5.41) is 9.80. The quantitative estimate of drug-likeness (QED) is 0.679. The molecule has 116 valence electrons. The van der Waals surface area contributed by atoms with Gasteiger partial charge in [0.05, 0.1) is 0 Å². The Morgan fingerprint density at radius 3 is 2.57 bits per heavy atom. The van der Waals surface area contributed by atoms with Gasteiger partial charge in [-0.2, -0.15) is 0 Å². The van der Waals surface area contributed by atoms with Gasteiger partial charge in [-0.25, -0.2) is 0 Å². The number of fused-ring (bicyclic) bond motifs is 1. The highest BCUT2D eigenvalue weighted by Gasteiger charge is 2.25. The summed E-state index contributed by atoms with van der Waals surface area (Å²) in [5.41, 5.74) is 3.86. The van der Waals surface area contributed by atoms with Gasteiger partial charge >= 0.3 is 0 Å². The summed E-state index contributed by atoms with van der Waals surface area (Å²) >= 11 is 1.76. The summed E-state index contributed by atoms with van der Waals surface area (Å²) in [6.45, 7) is 4.04. The highest BCUT2D eigenvalue weighted by Crippen LogP contribution is 2.33. The second-order valence-corrected chi connectivity index (χ2v) is 6.58. The van der Waals surface area contributed by atoms with Crippen molar-refractivity contribution in [3.05, 3.63) is 65.7 Å². The number of nitrogens with zero attached hydrogens (tertiary/aromatic N) is 4. The molecule has 0 saturated carbocycles. The van der Waals surface area contributed by atoms with Gasteiger partial charge in [-0.15, -0.1) is 10.2 Å². The minimum atomic E-state index is 0.927. The predicted molar refractivity (Wildman–Crippen MR) is 94.2 cm³/mol. The van der Waals surface area contributed by atoms with Crippen molar-refractivity contribution in [1.82, 2.24) is 14.8 Å². The van der Waals surface area contributed by atoms with Crippen molar-refractivity contribution in [2.75, 3.05) is 11.4 Å². The average molecular weight is 322 g/mol. The van der Waals surface area contributed by atoms with Crippen LogP contribution in [0, 0.1) is 6.92 Å². The molecule has 0 N–H and O–H groups in total. The monoisotopic (exact) mass is 322 g/mol. The van der Waals surface area contributed by atoms with E-state index in [0.717, 1.165) is 29.9 Å². The van der Waals surface area contributed by atoms with E-state index in [1.54, 1.807) is 11.8 Å². The maximum atomic E-state index is 4.41. The molecule has 1 aliphatic heterocycles. The van der Waals surface area contributed by atoms with Crippen LogP contribution in [0.1, 0.15) is 11.1 Å². The van der Waals surface area contributed by atoms with E-state index in [2.05, 4.69) is 75.1 Å². The van der Waals surface area contributed by atoms with Crippen LogP contribution in [0.3, 0.4) is 0 Å². The Morgan fingerprint density at radius 1 is 0.957 bits per heavy atom. The smallest absolute Gasteiger partial charge is 0.232 e. The normalized spacial score (nSPS) is 13.3. The van der Waals surface area contributed by atoms with Crippen LogP contribution < -0.4 is 4.90 Å². The number of thioether (sulfide) groups is 1. The molecule has 0 amide bonds. The molecule has 0 saturated heterocycles. The number of hydrogen-bond acceptors (Lipinski definition) is 4. The van der Waals surface area contributed by atoms with Gasteiger partial charge in [0.1, 0.15) is 0 Å². The molecule has 0 bridgehead atoms. The second-order valence-electron chi connectivity index (χ2n) is 5.64. The fourth-order valence-corrected chi connectivity index (χ4v) is 3.89. The van der Waals surface area contributed by atoms with E-state index in [9.17, 15) is 0 Å². The number of aryl methyl sites for hydroxylation is 1. The third-order valence-corrected chi connectivity index (χ3v) is 5.19. The van der Waals surface area contributed by atoms with Crippen LogP contribution in [-0.2, 0) is 12.3 Å². The van der Waals surface area contributed by atoms with Gasteiger partial charge in [0.25, 0.3) is 0 Å². The molecule has 1 aliphatic rings. The van der Waals surface area contributed by atoms with Crippen molar-refractivity contribution in [3.63, 3.8) is 0 Å². The van der Waals surface area contributed by atoms with Crippen LogP contribution in [0.25, 0.3) is 0 Å². The number of benzene rings is 2. The molecule has 0 atom stereocenters. The van der Waals surface area contributed by atoms with Crippen molar-refractivity contribution < 1.29 is 0 Å². The first kappa shape index (κ1) is 14.3. The Hall–Kier alpha value is -2.27. The molecule has 3 aromatic rings. The molecule has 4 rings (SSSR count). The number of aromatic nitrogens is 3. The zero-order valence-corrected chi connectivity index (χ0v) is 13.8. The first-order chi connectivity index (χ1) is 11.3. The summed E-state index contributed by atoms with van der Waals surface area (Å²) in [4.78, 5) is 2.23. The third kappa shape index (κ3) is 2.72. The minimum Gasteiger partial charge on any atom is -0.309 e. The highest BCUT2D eigenvalue weighted by atomic mass is 32.2. The van der Waals surface area contributed by atoms with Crippen molar-refractivity contribution in [2.24, 2.45) is 0 Å². The summed E-state index contributed by atoms with van der Waals surface area (Å²) in [6.07, 6.45) is 0. The van der Waals surface area contributed by atoms with E-state index < -0.39 is 0 Å². The standard InChI is InChI=1S/C18H18N4S/c1-14-7-5-6-8-15(14)13-23-18-20-19-17-21(11-12-22(17)18)16-9-3-2-4-10-16/h2-10H,11-13H2,1H3. The van der Waals surface area contributed by atoms with E-state index in [-0.39, 0.29) is 0 Å². The number of anilines is 2. The van der Waals surface area contributed by atoms with Gasteiger partial charge in [0.15, 0.2) is 5.16 Å². The minimum absolute atomic E-state index is 0.927. The molecule has 4 nitrogen and oxygen atoms in total. The Bertz CT molecular complexity index is 813. The molecule has 2 heterocycles. The molecule has 0 fully saturated rings. The lowest BCUT2D eigenvalue weighted by Gasteiger charge is -2.14. The van der Waals surface area contributed by atoms with E-state index in [1.165, 1.54) is 16.8 Å². The first-order valence-corrected chi connectivity index (χ1v) is 8.74. The van der Waals surface area contributed by atoms with Gasteiger partial charge in [-0.05, 0) is 30.2 Å². The molecule has 5 heteroatoms.